The quantitative estimate of drug-likeness (QED) is 0.458. The Kier molecular flexibility index (Phi) is 6.05. The Labute approximate surface area is 123 Å². The molecule has 0 bridgehead atoms. The molecule has 21 heavy (non-hydrogen) atoms. The summed E-state index contributed by atoms with van der Waals surface area (Å²) in [6.45, 7) is 3.61. The maximum absolute atomic E-state index is 11.9. The van der Waals surface area contributed by atoms with E-state index in [1.807, 2.05) is 13.8 Å². The monoisotopic (exact) mass is 292 g/mol. The second-order valence-corrected chi connectivity index (χ2v) is 4.78. The molecule has 0 aliphatic carbocycles. The van der Waals surface area contributed by atoms with Gasteiger partial charge in [-0.15, -0.1) is 0 Å². The van der Waals surface area contributed by atoms with E-state index in [1.165, 1.54) is 18.2 Å². The summed E-state index contributed by atoms with van der Waals surface area (Å²) in [4.78, 5) is 22.3. The number of aliphatic hydroxyl groups excluding tert-OH is 1. The van der Waals surface area contributed by atoms with E-state index >= 15 is 0 Å². The number of para-hydroxylation sites is 1. The summed E-state index contributed by atoms with van der Waals surface area (Å²) >= 11 is 0. The molecule has 0 aromatic heterocycles. The number of nitrogens with zero attached hydrogens (tertiary/aromatic N) is 1. The van der Waals surface area contributed by atoms with Crippen molar-refractivity contribution in [2.75, 3.05) is 6.61 Å². The topological polar surface area (TPSA) is 92.5 Å². The van der Waals surface area contributed by atoms with Gasteiger partial charge in [-0.2, -0.15) is 0 Å². The Balaban J connectivity index is 2.86. The third-order valence-corrected chi connectivity index (χ3v) is 3.59. The van der Waals surface area contributed by atoms with Crippen LogP contribution in [0.15, 0.2) is 30.3 Å². The summed E-state index contributed by atoms with van der Waals surface area (Å²) in [6.07, 6.45) is 3.86. The normalized spacial score (nSPS) is 11.6. The number of aliphatic hydroxyl groups is 1. The van der Waals surface area contributed by atoms with Crippen LogP contribution in [0.25, 0.3) is 6.08 Å². The van der Waals surface area contributed by atoms with Gasteiger partial charge in [0.1, 0.15) is 0 Å². The van der Waals surface area contributed by atoms with Crippen molar-refractivity contribution in [3.05, 3.63) is 46.0 Å². The number of nitro benzene ring substituents is 1. The third-order valence-electron chi connectivity index (χ3n) is 3.59. The van der Waals surface area contributed by atoms with E-state index in [4.69, 9.17) is 0 Å². The zero-order valence-corrected chi connectivity index (χ0v) is 12.2. The van der Waals surface area contributed by atoms with E-state index < -0.39 is 10.5 Å². The Morgan fingerprint density at radius 3 is 2.52 bits per heavy atom. The molecule has 0 spiro atoms. The molecule has 0 aliphatic heterocycles. The van der Waals surface area contributed by atoms with E-state index in [-0.39, 0.29) is 18.2 Å². The number of carbonyl (C=O) groups is 1. The Morgan fingerprint density at radius 1 is 1.38 bits per heavy atom. The maximum atomic E-state index is 11.9. The summed E-state index contributed by atoms with van der Waals surface area (Å²) in [6, 6.07) is 6.19. The number of amides is 1. The van der Waals surface area contributed by atoms with Gasteiger partial charge in [-0.3, -0.25) is 14.9 Å². The van der Waals surface area contributed by atoms with E-state index in [0.717, 1.165) is 0 Å². The zero-order valence-electron chi connectivity index (χ0n) is 12.2. The van der Waals surface area contributed by atoms with Crippen molar-refractivity contribution in [1.29, 1.82) is 0 Å². The second kappa shape index (κ2) is 7.54. The minimum absolute atomic E-state index is 0.0547. The zero-order chi connectivity index (χ0) is 15.9. The van der Waals surface area contributed by atoms with Crippen LogP contribution in [-0.2, 0) is 4.79 Å². The van der Waals surface area contributed by atoms with Crippen molar-refractivity contribution < 1.29 is 14.8 Å². The van der Waals surface area contributed by atoms with E-state index in [9.17, 15) is 20.0 Å². The minimum atomic E-state index is -0.649. The summed E-state index contributed by atoms with van der Waals surface area (Å²) in [5.41, 5.74) is -0.342. The van der Waals surface area contributed by atoms with E-state index in [1.54, 1.807) is 18.2 Å². The molecule has 0 radical (unpaired) electrons. The van der Waals surface area contributed by atoms with Gasteiger partial charge in [-0.05, 0) is 25.0 Å². The van der Waals surface area contributed by atoms with Crippen LogP contribution in [0.3, 0.4) is 0 Å². The summed E-state index contributed by atoms with van der Waals surface area (Å²) < 4.78 is 0. The molecular formula is C15H20N2O4. The van der Waals surface area contributed by atoms with Crippen LogP contribution < -0.4 is 5.32 Å². The molecule has 0 saturated carbocycles. The fraction of sp³-hybridized carbons (Fsp3) is 0.400. The Bertz CT molecular complexity index is 528. The van der Waals surface area contributed by atoms with Crippen LogP contribution in [0.5, 0.6) is 0 Å². The molecule has 1 amide bonds. The Morgan fingerprint density at radius 2 is 2.00 bits per heavy atom. The largest absolute Gasteiger partial charge is 0.394 e. The number of rotatable bonds is 7. The first-order valence-electron chi connectivity index (χ1n) is 6.82. The van der Waals surface area contributed by atoms with Crippen LogP contribution in [0.4, 0.5) is 5.69 Å². The summed E-state index contributed by atoms with van der Waals surface area (Å²) in [5, 5.41) is 23.0. The van der Waals surface area contributed by atoms with Crippen molar-refractivity contribution in [1.82, 2.24) is 5.32 Å². The number of nitrogens with one attached hydrogen (secondary N) is 1. The molecule has 1 aromatic carbocycles. The van der Waals surface area contributed by atoms with Gasteiger partial charge < -0.3 is 10.4 Å². The van der Waals surface area contributed by atoms with Crippen molar-refractivity contribution in [3.8, 4) is 0 Å². The van der Waals surface area contributed by atoms with Gasteiger partial charge in [0.05, 0.1) is 22.6 Å². The number of nitro groups is 1. The van der Waals surface area contributed by atoms with Crippen LogP contribution in [0.1, 0.15) is 32.3 Å². The highest BCUT2D eigenvalue weighted by Crippen LogP contribution is 2.19. The maximum Gasteiger partial charge on any atom is 0.276 e. The van der Waals surface area contributed by atoms with Crippen molar-refractivity contribution in [2.24, 2.45) is 0 Å². The lowest BCUT2D eigenvalue weighted by Crippen LogP contribution is -2.49. The molecule has 0 saturated heterocycles. The first-order valence-corrected chi connectivity index (χ1v) is 6.82. The van der Waals surface area contributed by atoms with Gasteiger partial charge in [0.15, 0.2) is 0 Å². The average molecular weight is 292 g/mol. The molecule has 0 atom stereocenters. The number of hydrogen-bond donors (Lipinski definition) is 2. The summed E-state index contributed by atoms with van der Waals surface area (Å²) in [5.74, 6) is -0.383. The van der Waals surface area contributed by atoms with Gasteiger partial charge in [-0.1, -0.05) is 26.0 Å². The molecule has 2 N–H and O–H groups in total. The second-order valence-electron chi connectivity index (χ2n) is 4.78. The van der Waals surface area contributed by atoms with E-state index in [2.05, 4.69) is 5.32 Å². The van der Waals surface area contributed by atoms with Gasteiger partial charge in [0.25, 0.3) is 5.69 Å². The number of carbonyl (C=O) groups excluding carboxylic acids is 1. The molecule has 0 fully saturated rings. The lowest BCUT2D eigenvalue weighted by atomic mass is 9.94. The summed E-state index contributed by atoms with van der Waals surface area (Å²) in [7, 11) is 0. The van der Waals surface area contributed by atoms with E-state index in [0.29, 0.717) is 18.4 Å². The standard InChI is InChI=1S/C15H20N2O4/c1-3-15(4-2,11-18)16-14(19)10-9-12-7-5-6-8-13(12)17(20)21/h5-10,18H,3-4,11H2,1-2H3,(H,16,19). The molecule has 0 unspecified atom stereocenters. The lowest BCUT2D eigenvalue weighted by molar-refractivity contribution is -0.385. The fourth-order valence-electron chi connectivity index (χ4n) is 1.95. The minimum Gasteiger partial charge on any atom is -0.394 e. The molecule has 1 rings (SSSR count). The van der Waals surface area contributed by atoms with Crippen molar-refractivity contribution >= 4 is 17.7 Å². The number of benzene rings is 1. The van der Waals surface area contributed by atoms with Gasteiger partial charge in [0, 0.05) is 12.1 Å². The van der Waals surface area contributed by atoms with Crippen molar-refractivity contribution in [2.45, 2.75) is 32.2 Å². The fourth-order valence-corrected chi connectivity index (χ4v) is 1.95. The lowest BCUT2D eigenvalue weighted by Gasteiger charge is -2.30. The van der Waals surface area contributed by atoms with Crippen LogP contribution in [0, 0.1) is 10.1 Å². The van der Waals surface area contributed by atoms with Crippen LogP contribution in [-0.4, -0.2) is 28.1 Å². The highest BCUT2D eigenvalue weighted by atomic mass is 16.6. The third kappa shape index (κ3) is 4.39. The molecule has 6 nitrogen and oxygen atoms in total. The smallest absolute Gasteiger partial charge is 0.276 e. The van der Waals surface area contributed by atoms with Gasteiger partial charge in [0.2, 0.25) is 5.91 Å². The van der Waals surface area contributed by atoms with Gasteiger partial charge in [-0.25, -0.2) is 0 Å². The highest BCUT2D eigenvalue weighted by Gasteiger charge is 2.26. The average Bonchev–Trinajstić information content (AvgIpc) is 2.51. The molecular weight excluding hydrogens is 272 g/mol. The van der Waals surface area contributed by atoms with Crippen molar-refractivity contribution in [3.63, 3.8) is 0 Å². The molecule has 1 aromatic rings. The van der Waals surface area contributed by atoms with Gasteiger partial charge >= 0.3 is 0 Å². The number of hydrogen-bond acceptors (Lipinski definition) is 4. The Hall–Kier alpha value is -2.21. The van der Waals surface area contributed by atoms with Crippen LogP contribution >= 0.6 is 0 Å². The molecule has 0 aliphatic rings. The predicted octanol–water partition coefficient (Wildman–Crippen LogP) is 2.28. The predicted molar refractivity (Wildman–Crippen MR) is 80.7 cm³/mol. The molecule has 114 valence electrons. The highest BCUT2D eigenvalue weighted by molar-refractivity contribution is 5.92. The molecule has 6 heteroatoms. The first kappa shape index (κ1) is 16.8. The molecule has 0 heterocycles. The van der Waals surface area contributed by atoms with Crippen LogP contribution in [0.2, 0.25) is 0 Å². The SMILES string of the molecule is CCC(CC)(CO)NC(=O)C=Cc1ccccc1[N+](=O)[O-]. The first-order chi connectivity index (χ1) is 9.98.